The summed E-state index contributed by atoms with van der Waals surface area (Å²) in [6, 6.07) is 3.74. The second kappa shape index (κ2) is 5.94. The Bertz CT molecular complexity index is 601. The number of hydrogen-bond donors (Lipinski definition) is 1. The van der Waals surface area contributed by atoms with Crippen molar-refractivity contribution < 1.29 is 26.7 Å². The molecule has 2 rings (SSSR count). The maximum absolute atomic E-state index is 12.7. The maximum atomic E-state index is 12.7. The number of hydrogen-bond acceptors (Lipinski definition) is 3. The summed E-state index contributed by atoms with van der Waals surface area (Å²) in [5.74, 6) is -0.167. The van der Waals surface area contributed by atoms with Crippen molar-refractivity contribution in [2.24, 2.45) is 5.92 Å². The van der Waals surface area contributed by atoms with Gasteiger partial charge in [-0.2, -0.15) is 17.5 Å². The molecule has 0 radical (unpaired) electrons. The first-order valence-electron chi connectivity index (χ1n) is 6.53. The van der Waals surface area contributed by atoms with Crippen LogP contribution in [0.2, 0.25) is 0 Å². The topological polar surface area (TPSA) is 57.6 Å². The Morgan fingerprint density at radius 1 is 1.33 bits per heavy atom. The highest BCUT2D eigenvalue weighted by atomic mass is 32.2. The Balaban J connectivity index is 2.31. The van der Waals surface area contributed by atoms with Gasteiger partial charge in [-0.1, -0.05) is 6.07 Å². The molecule has 118 valence electrons. The van der Waals surface area contributed by atoms with Gasteiger partial charge in [0.1, 0.15) is 0 Å². The van der Waals surface area contributed by atoms with E-state index in [4.69, 9.17) is 5.11 Å². The molecule has 0 aromatic heterocycles. The number of sulfonamides is 1. The van der Waals surface area contributed by atoms with Crippen LogP contribution >= 0.6 is 0 Å². The summed E-state index contributed by atoms with van der Waals surface area (Å²) in [6.45, 7) is 0.263. The Morgan fingerprint density at radius 2 is 2.05 bits per heavy atom. The minimum Gasteiger partial charge on any atom is -0.396 e. The molecule has 1 atom stereocenters. The smallest absolute Gasteiger partial charge is 0.396 e. The molecular weight excluding hydrogens is 307 g/mol. The molecule has 1 N–H and O–H groups in total. The second-order valence-corrected chi connectivity index (χ2v) is 7.02. The maximum Gasteiger partial charge on any atom is 0.416 e. The normalized spacial score (nSPS) is 21.4. The lowest BCUT2D eigenvalue weighted by Gasteiger charge is -2.31. The van der Waals surface area contributed by atoms with Crippen LogP contribution in [0.3, 0.4) is 0 Å². The van der Waals surface area contributed by atoms with Crippen LogP contribution in [0.4, 0.5) is 13.2 Å². The predicted octanol–water partition coefficient (Wildman–Crippen LogP) is 2.10. The van der Waals surface area contributed by atoms with Gasteiger partial charge in [0, 0.05) is 19.7 Å². The van der Waals surface area contributed by atoms with Crippen molar-refractivity contribution in [3.8, 4) is 0 Å². The van der Waals surface area contributed by atoms with Gasteiger partial charge in [-0.15, -0.1) is 0 Å². The molecular formula is C13H16F3NO3S. The summed E-state index contributed by atoms with van der Waals surface area (Å²) in [7, 11) is -3.97. The quantitative estimate of drug-likeness (QED) is 0.927. The molecule has 0 saturated carbocycles. The molecule has 0 aliphatic carbocycles. The molecule has 4 nitrogen and oxygen atoms in total. The van der Waals surface area contributed by atoms with Gasteiger partial charge in [0.2, 0.25) is 10.0 Å². The summed E-state index contributed by atoms with van der Waals surface area (Å²) in [5.41, 5.74) is -0.987. The number of rotatable bonds is 3. The highest BCUT2D eigenvalue weighted by Crippen LogP contribution is 2.31. The van der Waals surface area contributed by atoms with Gasteiger partial charge in [0.05, 0.1) is 10.5 Å². The number of halogens is 3. The summed E-state index contributed by atoms with van der Waals surface area (Å²) < 4.78 is 64.0. The number of piperidine rings is 1. The van der Waals surface area contributed by atoms with Crippen molar-refractivity contribution in [3.05, 3.63) is 29.8 Å². The largest absolute Gasteiger partial charge is 0.416 e. The van der Waals surface area contributed by atoms with Gasteiger partial charge in [-0.25, -0.2) is 8.42 Å². The third-order valence-electron chi connectivity index (χ3n) is 3.54. The van der Waals surface area contributed by atoms with Crippen LogP contribution in [0.5, 0.6) is 0 Å². The van der Waals surface area contributed by atoms with E-state index in [1.807, 2.05) is 0 Å². The highest BCUT2D eigenvalue weighted by molar-refractivity contribution is 7.89. The lowest BCUT2D eigenvalue weighted by Crippen LogP contribution is -2.40. The Hall–Kier alpha value is -1.12. The zero-order valence-corrected chi connectivity index (χ0v) is 12.0. The minimum atomic E-state index is -4.58. The molecule has 1 heterocycles. The van der Waals surface area contributed by atoms with Crippen LogP contribution in [0, 0.1) is 5.92 Å². The fourth-order valence-corrected chi connectivity index (χ4v) is 3.98. The number of benzene rings is 1. The number of aliphatic hydroxyl groups excluding tert-OH is 1. The molecule has 0 spiro atoms. The first-order chi connectivity index (χ1) is 9.75. The molecule has 8 heteroatoms. The fourth-order valence-electron chi connectivity index (χ4n) is 2.38. The van der Waals surface area contributed by atoms with Crippen LogP contribution in [-0.4, -0.2) is 37.5 Å². The lowest BCUT2D eigenvalue weighted by molar-refractivity contribution is -0.137. The van der Waals surface area contributed by atoms with Gasteiger partial charge in [-0.3, -0.25) is 0 Å². The Labute approximate surface area is 121 Å². The van der Waals surface area contributed by atoms with E-state index in [-0.39, 0.29) is 30.5 Å². The monoisotopic (exact) mass is 323 g/mol. The van der Waals surface area contributed by atoms with Crippen LogP contribution in [0.25, 0.3) is 0 Å². The molecule has 1 aliphatic rings. The Kier molecular flexibility index (Phi) is 4.60. The first-order valence-corrected chi connectivity index (χ1v) is 7.97. The van der Waals surface area contributed by atoms with E-state index in [0.717, 1.165) is 22.5 Å². The summed E-state index contributed by atoms with van der Waals surface area (Å²) in [4.78, 5) is -0.365. The van der Waals surface area contributed by atoms with Crippen molar-refractivity contribution in [2.45, 2.75) is 23.9 Å². The number of nitrogens with zero attached hydrogens (tertiary/aromatic N) is 1. The fraction of sp³-hybridized carbons (Fsp3) is 0.538. The van der Waals surface area contributed by atoms with Gasteiger partial charge >= 0.3 is 6.18 Å². The van der Waals surface area contributed by atoms with E-state index < -0.39 is 21.8 Å². The van der Waals surface area contributed by atoms with Gasteiger partial charge < -0.3 is 5.11 Å². The molecule has 0 amide bonds. The van der Waals surface area contributed by atoms with E-state index in [0.29, 0.717) is 18.9 Å². The van der Waals surface area contributed by atoms with E-state index in [1.54, 1.807) is 0 Å². The standard InChI is InChI=1S/C13H16F3NO3S/c14-13(15,16)11-4-1-5-12(7-11)21(19,20)17-6-2-3-10(8-17)9-18/h1,4-5,7,10,18H,2-3,6,8-9H2. The SMILES string of the molecule is O=S(=O)(c1cccc(C(F)(F)F)c1)N1CCCC(CO)C1. The minimum absolute atomic E-state index is 0.130. The van der Waals surface area contributed by atoms with E-state index >= 15 is 0 Å². The van der Waals surface area contributed by atoms with Crippen molar-refractivity contribution in [1.29, 1.82) is 0 Å². The molecule has 0 bridgehead atoms. The second-order valence-electron chi connectivity index (χ2n) is 5.08. The van der Waals surface area contributed by atoms with Crippen LogP contribution in [0.15, 0.2) is 29.2 Å². The molecule has 1 saturated heterocycles. The van der Waals surface area contributed by atoms with Gasteiger partial charge in [0.25, 0.3) is 0 Å². The summed E-state index contributed by atoms with van der Waals surface area (Å²) in [5, 5.41) is 9.13. The molecule has 1 aromatic rings. The van der Waals surface area contributed by atoms with Gasteiger partial charge in [-0.05, 0) is 37.0 Å². The Morgan fingerprint density at radius 3 is 2.67 bits per heavy atom. The number of aliphatic hydroxyl groups is 1. The highest BCUT2D eigenvalue weighted by Gasteiger charge is 2.34. The van der Waals surface area contributed by atoms with Crippen molar-refractivity contribution in [3.63, 3.8) is 0 Å². The lowest BCUT2D eigenvalue weighted by atomic mass is 10.0. The molecule has 1 unspecified atom stereocenters. The van der Waals surface area contributed by atoms with E-state index in [9.17, 15) is 21.6 Å². The van der Waals surface area contributed by atoms with Crippen LogP contribution in [-0.2, 0) is 16.2 Å². The van der Waals surface area contributed by atoms with Crippen molar-refractivity contribution in [1.82, 2.24) is 4.31 Å². The van der Waals surface area contributed by atoms with Gasteiger partial charge in [0.15, 0.2) is 0 Å². The first kappa shape index (κ1) is 16.3. The number of alkyl halides is 3. The van der Waals surface area contributed by atoms with E-state index in [2.05, 4.69) is 0 Å². The average Bonchev–Trinajstić information content (AvgIpc) is 2.46. The van der Waals surface area contributed by atoms with Crippen LogP contribution in [0.1, 0.15) is 18.4 Å². The third-order valence-corrected chi connectivity index (χ3v) is 5.40. The zero-order valence-electron chi connectivity index (χ0n) is 11.2. The predicted molar refractivity (Wildman–Crippen MR) is 70.0 cm³/mol. The molecule has 1 fully saturated rings. The van der Waals surface area contributed by atoms with E-state index in [1.165, 1.54) is 0 Å². The molecule has 21 heavy (non-hydrogen) atoms. The third kappa shape index (κ3) is 3.56. The molecule has 1 aliphatic heterocycles. The molecule has 1 aromatic carbocycles. The summed E-state index contributed by atoms with van der Waals surface area (Å²) >= 11 is 0. The summed E-state index contributed by atoms with van der Waals surface area (Å²) in [6.07, 6.45) is -3.28. The zero-order chi connectivity index (χ0) is 15.7. The van der Waals surface area contributed by atoms with Crippen LogP contribution < -0.4 is 0 Å². The average molecular weight is 323 g/mol. The van der Waals surface area contributed by atoms with Crippen molar-refractivity contribution in [2.75, 3.05) is 19.7 Å². The van der Waals surface area contributed by atoms with Crippen molar-refractivity contribution >= 4 is 10.0 Å².